The summed E-state index contributed by atoms with van der Waals surface area (Å²) in [5.41, 5.74) is 1.02. The van der Waals surface area contributed by atoms with Crippen LogP contribution in [0.3, 0.4) is 0 Å². The smallest absolute Gasteiger partial charge is 0.407 e. The fraction of sp³-hybridized carbons (Fsp3) is 0.708. The molecule has 2 saturated carbocycles. The van der Waals surface area contributed by atoms with Crippen LogP contribution in [0.4, 0.5) is 4.79 Å². The highest BCUT2D eigenvalue weighted by molar-refractivity contribution is 5.67. The van der Waals surface area contributed by atoms with E-state index >= 15 is 0 Å². The van der Waals surface area contributed by atoms with Crippen molar-refractivity contribution in [2.24, 2.45) is 5.92 Å². The van der Waals surface area contributed by atoms with Gasteiger partial charge in [0.25, 0.3) is 0 Å². The first-order valence-corrected chi connectivity index (χ1v) is 11.7. The fourth-order valence-corrected chi connectivity index (χ4v) is 4.57. The van der Waals surface area contributed by atoms with E-state index in [2.05, 4.69) is 16.0 Å². The number of carbonyl (C=O) groups is 1. The van der Waals surface area contributed by atoms with E-state index in [4.69, 9.17) is 4.74 Å². The molecule has 162 valence electrons. The van der Waals surface area contributed by atoms with E-state index < -0.39 is 0 Å². The molecule has 2 aliphatic rings. The number of hydrogen-bond acceptors (Lipinski definition) is 4. The minimum Gasteiger partial charge on any atom is -0.445 e. The molecular formula is C24H39N3O2. The zero-order valence-electron chi connectivity index (χ0n) is 17.8. The van der Waals surface area contributed by atoms with Crippen molar-refractivity contribution in [2.45, 2.75) is 82.9 Å². The quantitative estimate of drug-likeness (QED) is 0.509. The third-order valence-corrected chi connectivity index (χ3v) is 6.38. The highest BCUT2D eigenvalue weighted by atomic mass is 16.5. The predicted octanol–water partition coefficient (Wildman–Crippen LogP) is 4.37. The SMILES string of the molecule is O=C(NC1CCC(CNCCCNC2CCCCC2)CC1)OCc1ccccc1. The average Bonchev–Trinajstić information content (AvgIpc) is 2.77. The molecule has 1 amide bonds. The standard InChI is InChI=1S/C24H39N3O2/c28-24(29-19-21-8-3-1-4-9-21)27-23-14-12-20(13-15-23)18-25-16-7-17-26-22-10-5-2-6-11-22/h1,3-4,8-9,20,22-23,25-26H,2,5-7,10-19H2,(H,27,28). The molecule has 5 heteroatoms. The zero-order chi connectivity index (χ0) is 20.2. The Balaban J connectivity index is 1.17. The minimum atomic E-state index is -0.291. The summed E-state index contributed by atoms with van der Waals surface area (Å²) in [6.07, 6.45) is 12.3. The first-order chi connectivity index (χ1) is 14.3. The van der Waals surface area contributed by atoms with E-state index in [1.54, 1.807) is 0 Å². The molecule has 29 heavy (non-hydrogen) atoms. The third kappa shape index (κ3) is 8.75. The Morgan fingerprint density at radius 3 is 2.41 bits per heavy atom. The molecule has 0 atom stereocenters. The van der Waals surface area contributed by atoms with Gasteiger partial charge in [0.05, 0.1) is 0 Å². The van der Waals surface area contributed by atoms with Gasteiger partial charge >= 0.3 is 6.09 Å². The molecule has 1 aromatic rings. The zero-order valence-corrected chi connectivity index (χ0v) is 17.8. The van der Waals surface area contributed by atoms with E-state index in [9.17, 15) is 4.79 Å². The second kappa shape index (κ2) is 12.9. The molecule has 3 rings (SSSR count). The van der Waals surface area contributed by atoms with E-state index in [0.29, 0.717) is 6.61 Å². The van der Waals surface area contributed by atoms with Gasteiger partial charge in [0, 0.05) is 12.1 Å². The number of rotatable bonds is 10. The summed E-state index contributed by atoms with van der Waals surface area (Å²) in [5, 5.41) is 10.4. The molecule has 3 N–H and O–H groups in total. The Morgan fingerprint density at radius 1 is 0.897 bits per heavy atom. The highest BCUT2D eigenvalue weighted by Crippen LogP contribution is 2.24. The lowest BCUT2D eigenvalue weighted by molar-refractivity contribution is 0.131. The van der Waals surface area contributed by atoms with Crippen LogP contribution in [0.5, 0.6) is 0 Å². The van der Waals surface area contributed by atoms with Crippen molar-refractivity contribution in [3.63, 3.8) is 0 Å². The largest absolute Gasteiger partial charge is 0.445 e. The van der Waals surface area contributed by atoms with Gasteiger partial charge in [0.15, 0.2) is 0 Å². The maximum absolute atomic E-state index is 12.0. The number of nitrogens with one attached hydrogen (secondary N) is 3. The summed E-state index contributed by atoms with van der Waals surface area (Å²) in [5.74, 6) is 0.736. The summed E-state index contributed by atoms with van der Waals surface area (Å²) < 4.78 is 5.34. The summed E-state index contributed by atoms with van der Waals surface area (Å²) in [6.45, 7) is 3.68. The molecular weight excluding hydrogens is 362 g/mol. The van der Waals surface area contributed by atoms with Crippen LogP contribution in [0.15, 0.2) is 30.3 Å². The first-order valence-electron chi connectivity index (χ1n) is 11.7. The van der Waals surface area contributed by atoms with Crippen LogP contribution in [-0.4, -0.2) is 37.8 Å². The minimum absolute atomic E-state index is 0.259. The Labute approximate surface area is 176 Å². The fourth-order valence-electron chi connectivity index (χ4n) is 4.57. The second-order valence-corrected chi connectivity index (χ2v) is 8.77. The van der Waals surface area contributed by atoms with Gasteiger partial charge in [-0.3, -0.25) is 0 Å². The summed E-state index contributed by atoms with van der Waals surface area (Å²) in [6, 6.07) is 10.8. The van der Waals surface area contributed by atoms with Gasteiger partial charge in [-0.15, -0.1) is 0 Å². The van der Waals surface area contributed by atoms with Crippen molar-refractivity contribution < 1.29 is 9.53 Å². The predicted molar refractivity (Wildman–Crippen MR) is 118 cm³/mol. The summed E-state index contributed by atoms with van der Waals surface area (Å²) in [7, 11) is 0. The van der Waals surface area contributed by atoms with Gasteiger partial charge in [0.1, 0.15) is 6.61 Å². The van der Waals surface area contributed by atoms with Crippen LogP contribution in [0.1, 0.15) is 69.8 Å². The van der Waals surface area contributed by atoms with Crippen LogP contribution >= 0.6 is 0 Å². The number of alkyl carbamates (subject to hydrolysis) is 1. The summed E-state index contributed by atoms with van der Waals surface area (Å²) in [4.78, 5) is 12.0. The molecule has 0 aromatic heterocycles. The maximum Gasteiger partial charge on any atom is 0.407 e. The molecule has 0 unspecified atom stereocenters. The second-order valence-electron chi connectivity index (χ2n) is 8.77. The van der Waals surface area contributed by atoms with Gasteiger partial charge in [-0.2, -0.15) is 0 Å². The Bertz CT molecular complexity index is 567. The monoisotopic (exact) mass is 401 g/mol. The molecule has 2 fully saturated rings. The molecule has 0 saturated heterocycles. The van der Waals surface area contributed by atoms with E-state index in [0.717, 1.165) is 50.0 Å². The number of benzene rings is 1. The molecule has 2 aliphatic carbocycles. The van der Waals surface area contributed by atoms with Crippen LogP contribution in [0.2, 0.25) is 0 Å². The molecule has 0 heterocycles. The lowest BCUT2D eigenvalue weighted by Crippen LogP contribution is -2.39. The molecule has 1 aromatic carbocycles. The Kier molecular flexibility index (Phi) is 9.80. The van der Waals surface area contributed by atoms with Crippen LogP contribution in [-0.2, 0) is 11.3 Å². The average molecular weight is 402 g/mol. The van der Waals surface area contributed by atoms with Crippen molar-refractivity contribution in [1.29, 1.82) is 0 Å². The normalized spacial score (nSPS) is 22.9. The van der Waals surface area contributed by atoms with Gasteiger partial charge in [-0.25, -0.2) is 4.79 Å². The van der Waals surface area contributed by atoms with Crippen molar-refractivity contribution in [2.75, 3.05) is 19.6 Å². The Hall–Kier alpha value is -1.59. The van der Waals surface area contributed by atoms with Crippen molar-refractivity contribution in [3.8, 4) is 0 Å². The van der Waals surface area contributed by atoms with Gasteiger partial charge in [-0.05, 0) is 76.1 Å². The molecule has 0 bridgehead atoms. The lowest BCUT2D eigenvalue weighted by Gasteiger charge is -2.29. The lowest BCUT2D eigenvalue weighted by atomic mass is 9.86. The Morgan fingerprint density at radius 2 is 1.66 bits per heavy atom. The van der Waals surface area contributed by atoms with Crippen molar-refractivity contribution in [1.82, 2.24) is 16.0 Å². The van der Waals surface area contributed by atoms with Gasteiger partial charge < -0.3 is 20.7 Å². The van der Waals surface area contributed by atoms with Crippen molar-refractivity contribution >= 4 is 6.09 Å². The molecule has 0 radical (unpaired) electrons. The van der Waals surface area contributed by atoms with Crippen LogP contribution < -0.4 is 16.0 Å². The van der Waals surface area contributed by atoms with E-state index in [1.165, 1.54) is 51.4 Å². The van der Waals surface area contributed by atoms with E-state index in [-0.39, 0.29) is 12.1 Å². The van der Waals surface area contributed by atoms with Gasteiger partial charge in [0.2, 0.25) is 0 Å². The van der Waals surface area contributed by atoms with E-state index in [1.807, 2.05) is 30.3 Å². The van der Waals surface area contributed by atoms with Crippen LogP contribution in [0.25, 0.3) is 0 Å². The number of hydrogen-bond donors (Lipinski definition) is 3. The number of amides is 1. The molecule has 0 aliphatic heterocycles. The molecule has 0 spiro atoms. The van der Waals surface area contributed by atoms with Gasteiger partial charge in [-0.1, -0.05) is 49.6 Å². The summed E-state index contributed by atoms with van der Waals surface area (Å²) >= 11 is 0. The first kappa shape index (κ1) is 22.1. The topological polar surface area (TPSA) is 62.4 Å². The maximum atomic E-state index is 12.0. The highest BCUT2D eigenvalue weighted by Gasteiger charge is 2.22. The number of carbonyl (C=O) groups excluding carboxylic acids is 1. The van der Waals surface area contributed by atoms with Crippen LogP contribution in [0, 0.1) is 5.92 Å². The number of ether oxygens (including phenoxy) is 1. The van der Waals surface area contributed by atoms with Crippen molar-refractivity contribution in [3.05, 3.63) is 35.9 Å². The molecule has 5 nitrogen and oxygen atoms in total. The third-order valence-electron chi connectivity index (χ3n) is 6.38.